The predicted octanol–water partition coefficient (Wildman–Crippen LogP) is 3.04. The summed E-state index contributed by atoms with van der Waals surface area (Å²) in [5.74, 6) is 0. The van der Waals surface area contributed by atoms with E-state index in [0.717, 1.165) is 16.8 Å². The molecular formula is C13H19N3S. The van der Waals surface area contributed by atoms with Crippen molar-refractivity contribution in [3.8, 4) is 0 Å². The van der Waals surface area contributed by atoms with E-state index in [1.807, 2.05) is 12.1 Å². The van der Waals surface area contributed by atoms with Crippen LogP contribution in [0, 0.1) is 4.77 Å². The molecule has 3 nitrogen and oxygen atoms in total. The van der Waals surface area contributed by atoms with Crippen molar-refractivity contribution in [2.45, 2.75) is 25.9 Å². The average Bonchev–Trinajstić information content (AvgIpc) is 2.55. The van der Waals surface area contributed by atoms with E-state index in [4.69, 9.17) is 12.2 Å². The van der Waals surface area contributed by atoms with Gasteiger partial charge < -0.3 is 14.5 Å². The number of H-pyrrole nitrogens is 1. The van der Waals surface area contributed by atoms with Crippen molar-refractivity contribution in [3.05, 3.63) is 29.0 Å². The fraction of sp³-hybridized carbons (Fsp3) is 0.462. The molecule has 4 heteroatoms. The lowest BCUT2D eigenvalue weighted by atomic mass is 10.0. The third-order valence-corrected chi connectivity index (χ3v) is 3.76. The Labute approximate surface area is 107 Å². The minimum Gasteiger partial charge on any atom is -0.331 e. The van der Waals surface area contributed by atoms with E-state index in [-0.39, 0.29) is 5.54 Å². The molecule has 0 aliphatic carbocycles. The summed E-state index contributed by atoms with van der Waals surface area (Å²) in [4.78, 5) is 5.47. The van der Waals surface area contributed by atoms with E-state index >= 15 is 0 Å². The molecule has 0 saturated heterocycles. The second kappa shape index (κ2) is 4.27. The van der Waals surface area contributed by atoms with E-state index < -0.39 is 0 Å². The number of hydrogen-bond acceptors (Lipinski definition) is 2. The molecule has 2 aromatic rings. The summed E-state index contributed by atoms with van der Waals surface area (Å²) in [6.45, 7) is 5.32. The maximum absolute atomic E-state index is 5.40. The van der Waals surface area contributed by atoms with Crippen molar-refractivity contribution in [1.82, 2.24) is 14.5 Å². The van der Waals surface area contributed by atoms with Gasteiger partial charge in [0.15, 0.2) is 4.77 Å². The van der Waals surface area contributed by atoms with Crippen molar-refractivity contribution in [3.63, 3.8) is 0 Å². The van der Waals surface area contributed by atoms with Gasteiger partial charge in [-0.3, -0.25) is 0 Å². The van der Waals surface area contributed by atoms with Crippen molar-refractivity contribution in [1.29, 1.82) is 0 Å². The molecule has 1 aromatic heterocycles. The molecule has 0 aliphatic heterocycles. The van der Waals surface area contributed by atoms with E-state index in [2.05, 4.69) is 54.5 Å². The van der Waals surface area contributed by atoms with Gasteiger partial charge in [-0.2, -0.15) is 0 Å². The molecule has 0 radical (unpaired) electrons. The molecule has 0 spiro atoms. The standard InChI is InChI=1S/C13H19N3S/c1-13(2,15(3)4)9-16-11-8-6-5-7-10(11)14-12(16)17/h5-8H,9H2,1-4H3,(H,14,17). The van der Waals surface area contributed by atoms with Gasteiger partial charge in [0.05, 0.1) is 11.0 Å². The van der Waals surface area contributed by atoms with Crippen LogP contribution in [0.4, 0.5) is 0 Å². The second-order valence-corrected chi connectivity index (χ2v) is 5.63. The van der Waals surface area contributed by atoms with Crippen LogP contribution < -0.4 is 0 Å². The van der Waals surface area contributed by atoms with Gasteiger partial charge in [0.25, 0.3) is 0 Å². The van der Waals surface area contributed by atoms with Crippen LogP contribution in [0.15, 0.2) is 24.3 Å². The Morgan fingerprint density at radius 2 is 1.94 bits per heavy atom. The van der Waals surface area contributed by atoms with E-state index in [1.54, 1.807) is 0 Å². The molecule has 0 atom stereocenters. The third kappa shape index (κ3) is 2.28. The summed E-state index contributed by atoms with van der Waals surface area (Å²) < 4.78 is 2.96. The lowest BCUT2D eigenvalue weighted by molar-refractivity contribution is 0.170. The number of nitrogens with zero attached hydrogens (tertiary/aromatic N) is 2. The smallest absolute Gasteiger partial charge is 0.178 e. The Hall–Kier alpha value is -1.13. The molecule has 0 amide bonds. The summed E-state index contributed by atoms with van der Waals surface area (Å²) in [6.07, 6.45) is 0. The van der Waals surface area contributed by atoms with Gasteiger partial charge in [-0.25, -0.2) is 0 Å². The summed E-state index contributed by atoms with van der Waals surface area (Å²) in [5, 5.41) is 0. The van der Waals surface area contributed by atoms with Crippen LogP contribution in [0.2, 0.25) is 0 Å². The molecule has 0 saturated carbocycles. The molecule has 1 N–H and O–H groups in total. The van der Waals surface area contributed by atoms with Crippen molar-refractivity contribution in [2.75, 3.05) is 14.1 Å². The van der Waals surface area contributed by atoms with Crippen LogP contribution in [0.1, 0.15) is 13.8 Å². The van der Waals surface area contributed by atoms with E-state index in [1.165, 1.54) is 5.52 Å². The molecule has 0 unspecified atom stereocenters. The quantitative estimate of drug-likeness (QED) is 0.845. The number of likely N-dealkylation sites (N-methyl/N-ethyl adjacent to an activating group) is 1. The topological polar surface area (TPSA) is 24.0 Å². The fourth-order valence-corrected chi connectivity index (χ4v) is 2.06. The largest absolute Gasteiger partial charge is 0.331 e. The Balaban J connectivity index is 2.49. The van der Waals surface area contributed by atoms with Gasteiger partial charge in [0.1, 0.15) is 0 Å². The summed E-state index contributed by atoms with van der Waals surface area (Å²) >= 11 is 5.40. The van der Waals surface area contributed by atoms with Crippen LogP contribution in [0.5, 0.6) is 0 Å². The zero-order valence-electron chi connectivity index (χ0n) is 10.8. The van der Waals surface area contributed by atoms with Gasteiger partial charge in [0, 0.05) is 12.1 Å². The zero-order valence-corrected chi connectivity index (χ0v) is 11.6. The van der Waals surface area contributed by atoms with Crippen molar-refractivity contribution < 1.29 is 0 Å². The van der Waals surface area contributed by atoms with Gasteiger partial charge in [-0.15, -0.1) is 0 Å². The first-order chi connectivity index (χ1) is 7.92. The molecule has 2 rings (SSSR count). The predicted molar refractivity (Wildman–Crippen MR) is 74.9 cm³/mol. The number of fused-ring (bicyclic) bond motifs is 1. The Kier molecular flexibility index (Phi) is 3.10. The number of imidazole rings is 1. The summed E-state index contributed by atoms with van der Waals surface area (Å²) in [7, 11) is 4.19. The van der Waals surface area contributed by atoms with Gasteiger partial charge in [-0.1, -0.05) is 12.1 Å². The molecule has 92 valence electrons. The number of benzene rings is 1. The summed E-state index contributed by atoms with van der Waals surface area (Å²) in [5.41, 5.74) is 2.35. The maximum Gasteiger partial charge on any atom is 0.178 e. The average molecular weight is 249 g/mol. The number of hydrogen-bond donors (Lipinski definition) is 1. The molecule has 0 fully saturated rings. The first kappa shape index (κ1) is 12.3. The maximum atomic E-state index is 5.40. The van der Waals surface area contributed by atoms with Crippen LogP contribution in [0.3, 0.4) is 0 Å². The molecule has 17 heavy (non-hydrogen) atoms. The molecule has 1 aromatic carbocycles. The van der Waals surface area contributed by atoms with Crippen LogP contribution in [-0.2, 0) is 6.54 Å². The van der Waals surface area contributed by atoms with Crippen LogP contribution >= 0.6 is 12.2 Å². The number of para-hydroxylation sites is 2. The number of rotatable bonds is 3. The van der Waals surface area contributed by atoms with E-state index in [9.17, 15) is 0 Å². The highest BCUT2D eigenvalue weighted by atomic mass is 32.1. The summed E-state index contributed by atoms with van der Waals surface area (Å²) in [6, 6.07) is 8.23. The Morgan fingerprint density at radius 1 is 1.29 bits per heavy atom. The lowest BCUT2D eigenvalue weighted by Gasteiger charge is -2.33. The first-order valence-corrected chi connectivity index (χ1v) is 6.17. The Bertz CT molecular complexity index is 578. The minimum atomic E-state index is 0.0726. The zero-order chi connectivity index (χ0) is 12.6. The third-order valence-electron chi connectivity index (χ3n) is 3.44. The highest BCUT2D eigenvalue weighted by Crippen LogP contribution is 2.19. The van der Waals surface area contributed by atoms with Gasteiger partial charge in [-0.05, 0) is 52.3 Å². The lowest BCUT2D eigenvalue weighted by Crippen LogP contribution is -2.42. The molecule has 0 bridgehead atoms. The van der Waals surface area contributed by atoms with Crippen molar-refractivity contribution >= 4 is 23.3 Å². The number of nitrogens with one attached hydrogen (secondary N) is 1. The van der Waals surface area contributed by atoms with Crippen LogP contribution in [-0.4, -0.2) is 34.1 Å². The monoisotopic (exact) mass is 249 g/mol. The first-order valence-electron chi connectivity index (χ1n) is 5.77. The normalized spacial score (nSPS) is 12.5. The van der Waals surface area contributed by atoms with Crippen molar-refractivity contribution in [2.24, 2.45) is 0 Å². The number of aromatic nitrogens is 2. The molecule has 1 heterocycles. The second-order valence-electron chi connectivity index (χ2n) is 5.24. The highest BCUT2D eigenvalue weighted by molar-refractivity contribution is 7.71. The van der Waals surface area contributed by atoms with Crippen LogP contribution in [0.25, 0.3) is 11.0 Å². The number of aromatic amines is 1. The molecular weight excluding hydrogens is 230 g/mol. The van der Waals surface area contributed by atoms with E-state index in [0.29, 0.717) is 0 Å². The molecule has 0 aliphatic rings. The minimum absolute atomic E-state index is 0.0726. The van der Waals surface area contributed by atoms with Gasteiger partial charge >= 0.3 is 0 Å². The highest BCUT2D eigenvalue weighted by Gasteiger charge is 2.22. The fourth-order valence-electron chi connectivity index (χ4n) is 1.79. The Morgan fingerprint density at radius 3 is 2.59 bits per heavy atom. The van der Waals surface area contributed by atoms with Gasteiger partial charge in [0.2, 0.25) is 0 Å². The SMILES string of the molecule is CN(C)C(C)(C)Cn1c(=S)[nH]c2ccccc21.